The van der Waals surface area contributed by atoms with Gasteiger partial charge in [-0.2, -0.15) is 0 Å². The van der Waals surface area contributed by atoms with Crippen LogP contribution in [0.2, 0.25) is 0 Å². The molecule has 0 radical (unpaired) electrons. The molecular weight excluding hydrogens is 420 g/mol. The molecule has 1 aliphatic rings. The average molecular weight is 459 g/mol. The van der Waals surface area contributed by atoms with Crippen LogP contribution in [0.25, 0.3) is 17.0 Å². The van der Waals surface area contributed by atoms with Crippen LogP contribution in [-0.4, -0.2) is 78.5 Å². The van der Waals surface area contributed by atoms with Crippen molar-refractivity contribution < 1.29 is 4.79 Å². The minimum absolute atomic E-state index is 0.117. The normalized spacial score (nSPS) is 15.1. The van der Waals surface area contributed by atoms with Crippen LogP contribution >= 0.6 is 0 Å². The number of rotatable bonds is 9. The molecular formula is C29H38N4O. The first-order chi connectivity index (χ1) is 16.5. The van der Waals surface area contributed by atoms with Crippen LogP contribution in [-0.2, 0) is 17.8 Å². The van der Waals surface area contributed by atoms with Crippen molar-refractivity contribution in [3.05, 3.63) is 77.5 Å². The standard InChI is InChI=1S/C29H38N4O/c1-24-26(27-12-7-8-13-28(27)33(24)18-9-17-30(2)3)14-15-29(34)32-22-20-31(21-23-32)19-16-25-10-5-4-6-11-25/h4-8,10-15H,9,16-23H2,1-3H3/b15-14+. The highest BCUT2D eigenvalue weighted by molar-refractivity contribution is 5.97. The summed E-state index contributed by atoms with van der Waals surface area (Å²) >= 11 is 0. The van der Waals surface area contributed by atoms with E-state index in [0.717, 1.165) is 64.2 Å². The van der Waals surface area contributed by atoms with E-state index in [-0.39, 0.29) is 5.91 Å². The van der Waals surface area contributed by atoms with E-state index in [2.05, 4.69) is 90.0 Å². The van der Waals surface area contributed by atoms with Crippen molar-refractivity contribution >= 4 is 22.9 Å². The number of carbonyl (C=O) groups excluding carboxylic acids is 1. The van der Waals surface area contributed by atoms with Crippen LogP contribution in [0, 0.1) is 6.92 Å². The van der Waals surface area contributed by atoms with Gasteiger partial charge >= 0.3 is 0 Å². The van der Waals surface area contributed by atoms with Gasteiger partial charge in [-0.25, -0.2) is 0 Å². The summed E-state index contributed by atoms with van der Waals surface area (Å²) in [5.41, 5.74) is 5.02. The molecule has 5 heteroatoms. The predicted molar refractivity (Wildman–Crippen MR) is 142 cm³/mol. The molecule has 1 aromatic heterocycles. The Labute approximate surface area is 204 Å². The van der Waals surface area contributed by atoms with Crippen LogP contribution in [0.4, 0.5) is 0 Å². The summed E-state index contributed by atoms with van der Waals surface area (Å²) in [5.74, 6) is 0.117. The Morgan fingerprint density at radius 2 is 1.65 bits per heavy atom. The lowest BCUT2D eigenvalue weighted by Gasteiger charge is -2.34. The topological polar surface area (TPSA) is 31.7 Å². The molecule has 180 valence electrons. The summed E-state index contributed by atoms with van der Waals surface area (Å²) in [7, 11) is 4.23. The largest absolute Gasteiger partial charge is 0.344 e. The molecule has 0 unspecified atom stereocenters. The number of aromatic nitrogens is 1. The fourth-order valence-corrected chi connectivity index (χ4v) is 4.89. The third-order valence-corrected chi connectivity index (χ3v) is 6.90. The Balaban J connectivity index is 1.36. The molecule has 0 atom stereocenters. The van der Waals surface area contributed by atoms with Gasteiger partial charge in [-0.05, 0) is 58.1 Å². The van der Waals surface area contributed by atoms with Crippen molar-refractivity contribution in [2.45, 2.75) is 26.3 Å². The Morgan fingerprint density at radius 1 is 0.941 bits per heavy atom. The molecule has 0 bridgehead atoms. The molecule has 2 heterocycles. The third-order valence-electron chi connectivity index (χ3n) is 6.90. The predicted octanol–water partition coefficient (Wildman–Crippen LogP) is 4.30. The SMILES string of the molecule is Cc1c(/C=C/C(=O)N2CCN(CCc3ccccc3)CC2)c2ccccc2n1CCCN(C)C. The zero-order chi connectivity index (χ0) is 23.9. The number of piperazine rings is 1. The Bertz CT molecular complexity index is 1110. The number of carbonyl (C=O) groups is 1. The maximum Gasteiger partial charge on any atom is 0.246 e. The van der Waals surface area contributed by atoms with E-state index in [4.69, 9.17) is 0 Å². The van der Waals surface area contributed by atoms with Crippen LogP contribution in [0.3, 0.4) is 0 Å². The number of nitrogens with zero attached hydrogens (tertiary/aromatic N) is 4. The molecule has 1 fully saturated rings. The van der Waals surface area contributed by atoms with Gasteiger partial charge in [-0.1, -0.05) is 48.5 Å². The minimum atomic E-state index is 0.117. The second-order valence-corrected chi connectivity index (χ2v) is 9.56. The van der Waals surface area contributed by atoms with Gasteiger partial charge in [0.15, 0.2) is 0 Å². The first-order valence-electron chi connectivity index (χ1n) is 12.5. The number of amides is 1. The second kappa shape index (κ2) is 11.5. The fourth-order valence-electron chi connectivity index (χ4n) is 4.89. The van der Waals surface area contributed by atoms with E-state index in [1.807, 2.05) is 11.0 Å². The minimum Gasteiger partial charge on any atom is -0.344 e. The van der Waals surface area contributed by atoms with Gasteiger partial charge in [-0.15, -0.1) is 0 Å². The van der Waals surface area contributed by atoms with Gasteiger partial charge in [0.05, 0.1) is 0 Å². The smallest absolute Gasteiger partial charge is 0.246 e. The van der Waals surface area contributed by atoms with Crippen molar-refractivity contribution in [1.82, 2.24) is 19.3 Å². The summed E-state index contributed by atoms with van der Waals surface area (Å²) in [6, 6.07) is 19.2. The molecule has 3 aromatic rings. The molecule has 1 saturated heterocycles. The lowest BCUT2D eigenvalue weighted by Crippen LogP contribution is -2.48. The van der Waals surface area contributed by atoms with Crippen LogP contribution in [0.5, 0.6) is 0 Å². The summed E-state index contributed by atoms with van der Waals surface area (Å²) in [6.07, 6.45) is 5.97. The molecule has 5 nitrogen and oxygen atoms in total. The summed E-state index contributed by atoms with van der Waals surface area (Å²) < 4.78 is 2.40. The average Bonchev–Trinajstić information content (AvgIpc) is 3.12. The first kappa shape index (κ1) is 24.2. The molecule has 1 aliphatic heterocycles. The number of aryl methyl sites for hydroxylation is 1. The highest BCUT2D eigenvalue weighted by Crippen LogP contribution is 2.27. The summed E-state index contributed by atoms with van der Waals surface area (Å²) in [6.45, 7) is 8.74. The van der Waals surface area contributed by atoms with E-state index < -0.39 is 0 Å². The Hall–Kier alpha value is -2.89. The van der Waals surface area contributed by atoms with E-state index in [1.54, 1.807) is 6.08 Å². The number of hydrogen-bond donors (Lipinski definition) is 0. The number of para-hydroxylation sites is 1. The second-order valence-electron chi connectivity index (χ2n) is 9.56. The molecule has 2 aromatic carbocycles. The molecule has 4 rings (SSSR count). The fraction of sp³-hybridized carbons (Fsp3) is 0.414. The third kappa shape index (κ3) is 5.96. The Morgan fingerprint density at radius 3 is 2.38 bits per heavy atom. The molecule has 0 spiro atoms. The zero-order valence-electron chi connectivity index (χ0n) is 20.9. The highest BCUT2D eigenvalue weighted by Gasteiger charge is 2.20. The molecule has 0 aliphatic carbocycles. The van der Waals surface area contributed by atoms with Gasteiger partial charge in [0, 0.05) is 67.5 Å². The van der Waals surface area contributed by atoms with Crippen molar-refractivity contribution in [3.63, 3.8) is 0 Å². The zero-order valence-corrected chi connectivity index (χ0v) is 20.9. The lowest BCUT2D eigenvalue weighted by atomic mass is 10.1. The van der Waals surface area contributed by atoms with Crippen molar-refractivity contribution in [2.24, 2.45) is 0 Å². The molecule has 34 heavy (non-hydrogen) atoms. The van der Waals surface area contributed by atoms with Gasteiger partial charge in [0.1, 0.15) is 0 Å². The van der Waals surface area contributed by atoms with E-state index in [1.165, 1.54) is 22.2 Å². The maximum absolute atomic E-state index is 13.0. The van der Waals surface area contributed by atoms with E-state index >= 15 is 0 Å². The highest BCUT2D eigenvalue weighted by atomic mass is 16.2. The van der Waals surface area contributed by atoms with Crippen molar-refractivity contribution in [1.29, 1.82) is 0 Å². The number of fused-ring (bicyclic) bond motifs is 1. The molecule has 0 saturated carbocycles. The summed E-state index contributed by atoms with van der Waals surface area (Å²) in [5, 5.41) is 1.22. The quantitative estimate of drug-likeness (QED) is 0.448. The lowest BCUT2D eigenvalue weighted by molar-refractivity contribution is -0.127. The number of hydrogen-bond acceptors (Lipinski definition) is 3. The van der Waals surface area contributed by atoms with Crippen LogP contribution in [0.15, 0.2) is 60.7 Å². The summed E-state index contributed by atoms with van der Waals surface area (Å²) in [4.78, 5) is 19.6. The van der Waals surface area contributed by atoms with Gasteiger partial charge in [-0.3, -0.25) is 9.69 Å². The van der Waals surface area contributed by atoms with Crippen LogP contribution in [0.1, 0.15) is 23.2 Å². The van der Waals surface area contributed by atoms with E-state index in [0.29, 0.717) is 0 Å². The monoisotopic (exact) mass is 458 g/mol. The van der Waals surface area contributed by atoms with Crippen molar-refractivity contribution in [2.75, 3.05) is 53.4 Å². The van der Waals surface area contributed by atoms with Crippen molar-refractivity contribution in [3.8, 4) is 0 Å². The first-order valence-corrected chi connectivity index (χ1v) is 12.5. The van der Waals surface area contributed by atoms with Gasteiger partial charge < -0.3 is 14.4 Å². The molecule has 1 amide bonds. The van der Waals surface area contributed by atoms with Crippen LogP contribution < -0.4 is 0 Å². The van der Waals surface area contributed by atoms with Gasteiger partial charge in [0.25, 0.3) is 0 Å². The Kier molecular flexibility index (Phi) is 8.20. The maximum atomic E-state index is 13.0. The number of benzene rings is 2. The van der Waals surface area contributed by atoms with Gasteiger partial charge in [0.2, 0.25) is 5.91 Å². The van der Waals surface area contributed by atoms with E-state index in [9.17, 15) is 4.79 Å². The molecule has 0 N–H and O–H groups in total.